The normalized spacial score (nSPS) is 14.5. The monoisotopic (exact) mass is 364 g/mol. The first-order chi connectivity index (χ1) is 11.5. The Bertz CT molecular complexity index is 743. The van der Waals surface area contributed by atoms with E-state index in [0.717, 1.165) is 11.4 Å². The molecule has 0 bridgehead atoms. The summed E-state index contributed by atoms with van der Waals surface area (Å²) >= 11 is 11.2. The molecule has 0 aliphatic carbocycles. The third kappa shape index (κ3) is 3.63. The maximum atomic E-state index is 12.3. The van der Waals surface area contributed by atoms with Gasteiger partial charge in [-0.1, -0.05) is 11.6 Å². The van der Waals surface area contributed by atoms with Gasteiger partial charge < -0.3 is 25.3 Å². The fourth-order valence-electron chi connectivity index (χ4n) is 2.69. The second kappa shape index (κ2) is 7.11. The molecule has 1 aromatic carbocycles. The van der Waals surface area contributed by atoms with Gasteiger partial charge in [0.2, 0.25) is 0 Å². The highest BCUT2D eigenvalue weighted by atomic mass is 35.5. The summed E-state index contributed by atoms with van der Waals surface area (Å²) in [7, 11) is 0. The van der Waals surface area contributed by atoms with E-state index in [0.29, 0.717) is 37.0 Å². The molecule has 1 aliphatic heterocycles. The lowest BCUT2D eigenvalue weighted by atomic mass is 10.2. The molecule has 1 fully saturated rings. The fraction of sp³-hybridized carbons (Fsp3) is 0.250. The molecular formula is C16H17ClN4O2S. The van der Waals surface area contributed by atoms with Crippen molar-refractivity contribution in [3.8, 4) is 0 Å². The summed E-state index contributed by atoms with van der Waals surface area (Å²) in [5.74, 6) is 0.288. The average molecular weight is 365 g/mol. The van der Waals surface area contributed by atoms with Gasteiger partial charge in [-0.25, -0.2) is 0 Å². The molecule has 3 N–H and O–H groups in total. The zero-order valence-electron chi connectivity index (χ0n) is 12.9. The fourth-order valence-corrected chi connectivity index (χ4v) is 3.11. The number of carbonyl (C=O) groups excluding carboxylic acids is 1. The first kappa shape index (κ1) is 16.6. The van der Waals surface area contributed by atoms with Crippen molar-refractivity contribution in [2.24, 2.45) is 5.73 Å². The highest BCUT2D eigenvalue weighted by Gasteiger charge is 2.24. The average Bonchev–Trinajstić information content (AvgIpc) is 3.08. The molecule has 126 valence electrons. The van der Waals surface area contributed by atoms with Crippen LogP contribution in [0.4, 0.5) is 11.4 Å². The Morgan fingerprint density at radius 3 is 2.58 bits per heavy atom. The van der Waals surface area contributed by atoms with E-state index in [2.05, 4.69) is 10.2 Å². The number of hydrogen-bond acceptors (Lipinski definition) is 4. The molecule has 3 rings (SSSR count). The largest absolute Gasteiger partial charge is 0.459 e. The number of thiocarbonyl (C=S) groups is 1. The lowest BCUT2D eigenvalue weighted by Gasteiger charge is -2.36. The molecule has 0 atom stereocenters. The van der Waals surface area contributed by atoms with Crippen molar-refractivity contribution in [3.05, 3.63) is 47.4 Å². The van der Waals surface area contributed by atoms with E-state index >= 15 is 0 Å². The zero-order chi connectivity index (χ0) is 17.1. The minimum absolute atomic E-state index is 0.0817. The minimum atomic E-state index is -0.0817. The maximum Gasteiger partial charge on any atom is 0.289 e. The first-order valence-electron chi connectivity index (χ1n) is 7.48. The molecule has 2 aromatic rings. The predicted octanol–water partition coefficient (Wildman–Crippen LogP) is 2.55. The van der Waals surface area contributed by atoms with Crippen LogP contribution in [0.3, 0.4) is 0 Å². The second-order valence-electron chi connectivity index (χ2n) is 5.41. The lowest BCUT2D eigenvalue weighted by Crippen LogP contribution is -2.48. The summed E-state index contributed by atoms with van der Waals surface area (Å²) in [6.45, 7) is 2.63. The smallest absolute Gasteiger partial charge is 0.289 e. The van der Waals surface area contributed by atoms with E-state index in [1.807, 2.05) is 12.1 Å². The van der Waals surface area contributed by atoms with Crippen LogP contribution in [0.2, 0.25) is 5.02 Å². The molecule has 24 heavy (non-hydrogen) atoms. The Morgan fingerprint density at radius 1 is 1.25 bits per heavy atom. The molecule has 0 spiro atoms. The standard InChI is InChI=1S/C16H17ClN4O2S/c17-12-10-11(19-16(18)24)3-4-13(12)20-5-7-21(8-6-20)15(22)14-2-1-9-23-14/h1-4,9-10H,5-8H2,(H3,18,19,24). The van der Waals surface area contributed by atoms with Crippen LogP contribution in [0.5, 0.6) is 0 Å². The number of nitrogens with one attached hydrogen (secondary N) is 1. The summed E-state index contributed by atoms with van der Waals surface area (Å²) in [5, 5.41) is 3.67. The van der Waals surface area contributed by atoms with Crippen molar-refractivity contribution in [2.75, 3.05) is 36.4 Å². The highest BCUT2D eigenvalue weighted by Crippen LogP contribution is 2.29. The van der Waals surface area contributed by atoms with Gasteiger partial charge in [0.05, 0.1) is 17.0 Å². The molecule has 1 aromatic heterocycles. The van der Waals surface area contributed by atoms with E-state index in [4.69, 9.17) is 34.0 Å². The minimum Gasteiger partial charge on any atom is -0.459 e. The Balaban J connectivity index is 1.64. The SMILES string of the molecule is NC(=S)Nc1ccc(N2CCN(C(=O)c3ccco3)CC2)c(Cl)c1. The van der Waals surface area contributed by atoms with Gasteiger partial charge in [-0.2, -0.15) is 0 Å². The van der Waals surface area contributed by atoms with E-state index in [9.17, 15) is 4.79 Å². The molecule has 8 heteroatoms. The van der Waals surface area contributed by atoms with Crippen molar-refractivity contribution in [2.45, 2.75) is 0 Å². The van der Waals surface area contributed by atoms with Crippen molar-refractivity contribution in [1.29, 1.82) is 0 Å². The molecule has 2 heterocycles. The topological polar surface area (TPSA) is 74.7 Å². The Labute approximate surface area is 150 Å². The quantitative estimate of drug-likeness (QED) is 0.815. The molecule has 1 aliphatic rings. The van der Waals surface area contributed by atoms with Gasteiger partial charge in [-0.05, 0) is 42.5 Å². The van der Waals surface area contributed by atoms with Gasteiger partial charge in [0.1, 0.15) is 0 Å². The molecule has 6 nitrogen and oxygen atoms in total. The molecule has 0 unspecified atom stereocenters. The van der Waals surface area contributed by atoms with Gasteiger partial charge >= 0.3 is 0 Å². The van der Waals surface area contributed by atoms with Crippen LogP contribution in [0.25, 0.3) is 0 Å². The number of nitrogens with two attached hydrogens (primary N) is 1. The number of amides is 1. The van der Waals surface area contributed by atoms with Gasteiger partial charge in [0.25, 0.3) is 5.91 Å². The van der Waals surface area contributed by atoms with Crippen molar-refractivity contribution in [3.63, 3.8) is 0 Å². The maximum absolute atomic E-state index is 12.3. The Morgan fingerprint density at radius 2 is 2.00 bits per heavy atom. The number of piperazine rings is 1. The summed E-state index contributed by atoms with van der Waals surface area (Å²) < 4.78 is 5.17. The predicted molar refractivity (Wildman–Crippen MR) is 98.7 cm³/mol. The van der Waals surface area contributed by atoms with Crippen LogP contribution in [-0.4, -0.2) is 42.1 Å². The zero-order valence-corrected chi connectivity index (χ0v) is 14.4. The summed E-state index contributed by atoms with van der Waals surface area (Å²) in [4.78, 5) is 16.2. The van der Waals surface area contributed by atoms with Gasteiger partial charge in [-0.15, -0.1) is 0 Å². The van der Waals surface area contributed by atoms with Gasteiger partial charge in [-0.3, -0.25) is 4.79 Å². The molecule has 0 saturated carbocycles. The first-order valence-corrected chi connectivity index (χ1v) is 8.27. The number of anilines is 2. The third-order valence-electron chi connectivity index (χ3n) is 3.85. The number of carbonyl (C=O) groups is 1. The molecule has 1 saturated heterocycles. The van der Waals surface area contributed by atoms with Crippen molar-refractivity contribution in [1.82, 2.24) is 4.90 Å². The van der Waals surface area contributed by atoms with E-state index in [1.54, 1.807) is 23.1 Å². The summed E-state index contributed by atoms with van der Waals surface area (Å²) in [6.07, 6.45) is 1.51. The summed E-state index contributed by atoms with van der Waals surface area (Å²) in [5.41, 5.74) is 7.14. The highest BCUT2D eigenvalue weighted by molar-refractivity contribution is 7.80. The van der Waals surface area contributed by atoms with Gasteiger partial charge in [0.15, 0.2) is 10.9 Å². The van der Waals surface area contributed by atoms with Crippen LogP contribution in [0.15, 0.2) is 41.0 Å². The van der Waals surface area contributed by atoms with Crippen LogP contribution in [0, 0.1) is 0 Å². The van der Waals surface area contributed by atoms with Crippen LogP contribution >= 0.6 is 23.8 Å². The number of hydrogen-bond donors (Lipinski definition) is 2. The molecular weight excluding hydrogens is 348 g/mol. The van der Waals surface area contributed by atoms with Crippen molar-refractivity contribution < 1.29 is 9.21 Å². The van der Waals surface area contributed by atoms with Crippen molar-refractivity contribution >= 4 is 46.2 Å². The lowest BCUT2D eigenvalue weighted by molar-refractivity contribution is 0.0714. The molecule has 0 radical (unpaired) electrons. The van der Waals surface area contributed by atoms with E-state index in [-0.39, 0.29) is 11.0 Å². The number of benzene rings is 1. The summed E-state index contributed by atoms with van der Waals surface area (Å²) in [6, 6.07) is 8.98. The van der Waals surface area contributed by atoms with Crippen LogP contribution < -0.4 is 16.0 Å². The van der Waals surface area contributed by atoms with E-state index in [1.165, 1.54) is 6.26 Å². The Hall–Kier alpha value is -2.25. The van der Waals surface area contributed by atoms with Crippen LogP contribution in [0.1, 0.15) is 10.6 Å². The van der Waals surface area contributed by atoms with Crippen LogP contribution in [-0.2, 0) is 0 Å². The number of nitrogens with zero attached hydrogens (tertiary/aromatic N) is 2. The number of rotatable bonds is 3. The van der Waals surface area contributed by atoms with E-state index < -0.39 is 0 Å². The Kier molecular flexibility index (Phi) is 4.92. The molecule has 1 amide bonds. The number of furan rings is 1. The van der Waals surface area contributed by atoms with Gasteiger partial charge in [0, 0.05) is 31.9 Å². The second-order valence-corrected chi connectivity index (χ2v) is 6.26. The number of halogens is 1. The third-order valence-corrected chi connectivity index (χ3v) is 4.26.